The molecule has 3 rings (SSSR count). The largest absolute Gasteiger partial charge is 0.297 e. The molecule has 0 bridgehead atoms. The van der Waals surface area contributed by atoms with Crippen LogP contribution < -0.4 is 5.32 Å². The van der Waals surface area contributed by atoms with Crippen LogP contribution in [0.25, 0.3) is 6.08 Å². The van der Waals surface area contributed by atoms with Crippen LogP contribution in [0, 0.1) is 5.82 Å². The van der Waals surface area contributed by atoms with Crippen molar-refractivity contribution < 1.29 is 9.18 Å². The van der Waals surface area contributed by atoms with E-state index in [1.54, 1.807) is 36.5 Å². The fourth-order valence-electron chi connectivity index (χ4n) is 1.94. The first-order chi connectivity index (χ1) is 11.7. The monoisotopic (exact) mass is 340 g/mol. The van der Waals surface area contributed by atoms with Crippen LogP contribution in [0.2, 0.25) is 0 Å². The molecule has 0 radical (unpaired) electrons. The molecule has 0 atom stereocenters. The van der Waals surface area contributed by atoms with Crippen molar-refractivity contribution in [3.63, 3.8) is 0 Å². The average molecular weight is 340 g/mol. The van der Waals surface area contributed by atoms with E-state index in [0.717, 1.165) is 10.6 Å². The smallest absolute Gasteiger partial charge is 0.250 e. The number of nitrogens with one attached hydrogen (secondary N) is 1. The molecule has 0 fully saturated rings. The first kappa shape index (κ1) is 15.9. The Morgan fingerprint density at radius 2 is 2.00 bits per heavy atom. The molecule has 120 valence electrons. The van der Waals surface area contributed by atoms with Gasteiger partial charge in [0.05, 0.1) is 5.69 Å². The van der Waals surface area contributed by atoms with Crippen molar-refractivity contribution in [2.24, 2.45) is 0 Å². The van der Waals surface area contributed by atoms with Crippen molar-refractivity contribution in [1.82, 2.24) is 15.2 Å². The summed E-state index contributed by atoms with van der Waals surface area (Å²) in [4.78, 5) is 16.0. The van der Waals surface area contributed by atoms with E-state index in [4.69, 9.17) is 0 Å². The zero-order valence-corrected chi connectivity index (χ0v) is 13.3. The van der Waals surface area contributed by atoms with Gasteiger partial charge in [0.2, 0.25) is 11.0 Å². The number of anilines is 1. The molecule has 0 saturated heterocycles. The van der Waals surface area contributed by atoms with E-state index in [1.165, 1.54) is 29.5 Å². The molecule has 1 N–H and O–H groups in total. The highest BCUT2D eigenvalue weighted by molar-refractivity contribution is 7.15. The molecule has 3 aromatic rings. The predicted molar refractivity (Wildman–Crippen MR) is 91.0 cm³/mol. The molecule has 24 heavy (non-hydrogen) atoms. The molecule has 7 heteroatoms. The van der Waals surface area contributed by atoms with Crippen LogP contribution in [0.3, 0.4) is 0 Å². The summed E-state index contributed by atoms with van der Waals surface area (Å²) in [5.41, 5.74) is 1.63. The standard InChI is InChI=1S/C17H13FN4OS/c18-13-6-4-12(5-7-13)11-16-21-22-17(24-16)20-15(23)9-8-14-3-1-2-10-19-14/h1-10H,11H2,(H,20,22,23)/b9-8+. The lowest BCUT2D eigenvalue weighted by atomic mass is 10.2. The third-order valence-corrected chi connectivity index (χ3v) is 3.90. The zero-order valence-electron chi connectivity index (χ0n) is 12.5. The quantitative estimate of drug-likeness (QED) is 0.724. The molecule has 1 amide bonds. The fraction of sp³-hybridized carbons (Fsp3) is 0.0588. The van der Waals surface area contributed by atoms with Crippen molar-refractivity contribution in [3.8, 4) is 0 Å². The Morgan fingerprint density at radius 3 is 2.75 bits per heavy atom. The summed E-state index contributed by atoms with van der Waals surface area (Å²) in [6.45, 7) is 0. The molecule has 0 aliphatic rings. The summed E-state index contributed by atoms with van der Waals surface area (Å²) in [6.07, 6.45) is 5.21. The second-order valence-corrected chi connectivity index (χ2v) is 5.94. The first-order valence-electron chi connectivity index (χ1n) is 7.16. The highest BCUT2D eigenvalue weighted by atomic mass is 32.1. The van der Waals surface area contributed by atoms with E-state index >= 15 is 0 Å². The van der Waals surface area contributed by atoms with Crippen LogP contribution in [0.15, 0.2) is 54.7 Å². The van der Waals surface area contributed by atoms with Gasteiger partial charge < -0.3 is 0 Å². The Balaban J connectivity index is 1.58. The van der Waals surface area contributed by atoms with E-state index < -0.39 is 0 Å². The fourth-order valence-corrected chi connectivity index (χ4v) is 2.71. The number of carbonyl (C=O) groups excluding carboxylic acids is 1. The third-order valence-electron chi connectivity index (χ3n) is 3.06. The maximum Gasteiger partial charge on any atom is 0.250 e. The Morgan fingerprint density at radius 1 is 1.17 bits per heavy atom. The molecule has 1 aromatic carbocycles. The summed E-state index contributed by atoms with van der Waals surface area (Å²) in [5, 5.41) is 11.8. The van der Waals surface area contributed by atoms with Crippen molar-refractivity contribution in [3.05, 3.63) is 76.8 Å². The second kappa shape index (κ2) is 7.56. The van der Waals surface area contributed by atoms with Crippen molar-refractivity contribution in [2.45, 2.75) is 6.42 Å². The number of pyridine rings is 1. The van der Waals surface area contributed by atoms with E-state index in [-0.39, 0.29) is 11.7 Å². The SMILES string of the molecule is O=C(/C=C/c1ccccn1)Nc1nnc(Cc2ccc(F)cc2)s1. The summed E-state index contributed by atoms with van der Waals surface area (Å²) in [5.74, 6) is -0.575. The van der Waals surface area contributed by atoms with Gasteiger partial charge in [-0.1, -0.05) is 29.5 Å². The van der Waals surface area contributed by atoms with Gasteiger partial charge in [-0.05, 0) is 35.9 Å². The Bertz CT molecular complexity index is 847. The van der Waals surface area contributed by atoms with Gasteiger partial charge in [0.25, 0.3) is 0 Å². The van der Waals surface area contributed by atoms with E-state index in [0.29, 0.717) is 17.2 Å². The number of hydrogen-bond donors (Lipinski definition) is 1. The number of aromatic nitrogens is 3. The minimum atomic E-state index is -0.301. The number of nitrogens with zero attached hydrogens (tertiary/aromatic N) is 3. The van der Waals surface area contributed by atoms with Gasteiger partial charge in [0.15, 0.2) is 0 Å². The Labute approximate surface area is 141 Å². The molecule has 2 aromatic heterocycles. The van der Waals surface area contributed by atoms with Crippen LogP contribution >= 0.6 is 11.3 Å². The van der Waals surface area contributed by atoms with Gasteiger partial charge in [-0.15, -0.1) is 10.2 Å². The number of hydrogen-bond acceptors (Lipinski definition) is 5. The molecule has 0 unspecified atom stereocenters. The summed E-state index contributed by atoms with van der Waals surface area (Å²) >= 11 is 1.28. The highest BCUT2D eigenvalue weighted by Crippen LogP contribution is 2.18. The molecule has 5 nitrogen and oxygen atoms in total. The lowest BCUT2D eigenvalue weighted by Gasteiger charge is -1.96. The van der Waals surface area contributed by atoms with E-state index in [9.17, 15) is 9.18 Å². The minimum absolute atomic E-state index is 0.274. The van der Waals surface area contributed by atoms with Gasteiger partial charge >= 0.3 is 0 Å². The van der Waals surface area contributed by atoms with E-state index in [1.807, 2.05) is 6.07 Å². The van der Waals surface area contributed by atoms with Gasteiger partial charge in [-0.25, -0.2) is 4.39 Å². The van der Waals surface area contributed by atoms with Crippen molar-refractivity contribution in [2.75, 3.05) is 5.32 Å². The maximum absolute atomic E-state index is 12.9. The lowest BCUT2D eigenvalue weighted by molar-refractivity contribution is -0.111. The van der Waals surface area contributed by atoms with Crippen LogP contribution in [-0.2, 0) is 11.2 Å². The van der Waals surface area contributed by atoms with E-state index in [2.05, 4.69) is 20.5 Å². The Kier molecular flexibility index (Phi) is 5.02. The molecule has 2 heterocycles. The first-order valence-corrected chi connectivity index (χ1v) is 7.97. The Hall–Kier alpha value is -2.93. The van der Waals surface area contributed by atoms with Crippen LogP contribution in [0.1, 0.15) is 16.3 Å². The van der Waals surface area contributed by atoms with Gasteiger partial charge in [-0.2, -0.15) is 0 Å². The van der Waals surface area contributed by atoms with Crippen molar-refractivity contribution in [1.29, 1.82) is 0 Å². The molecular weight excluding hydrogens is 327 g/mol. The van der Waals surface area contributed by atoms with Crippen LogP contribution in [-0.4, -0.2) is 21.1 Å². The normalized spacial score (nSPS) is 10.9. The number of halogens is 1. The molecule has 0 aliphatic carbocycles. The number of amides is 1. The highest BCUT2D eigenvalue weighted by Gasteiger charge is 2.07. The lowest BCUT2D eigenvalue weighted by Crippen LogP contribution is -2.07. The molecule has 0 aliphatic heterocycles. The van der Waals surface area contributed by atoms with Gasteiger partial charge in [-0.3, -0.25) is 15.1 Å². The predicted octanol–water partition coefficient (Wildman–Crippen LogP) is 3.31. The summed E-state index contributed by atoms with van der Waals surface area (Å²) < 4.78 is 12.9. The van der Waals surface area contributed by atoms with Crippen LogP contribution in [0.5, 0.6) is 0 Å². The average Bonchev–Trinajstić information content (AvgIpc) is 3.03. The zero-order chi connectivity index (χ0) is 16.8. The molecule has 0 spiro atoms. The molecular formula is C17H13FN4OS. The van der Waals surface area contributed by atoms with Crippen LogP contribution in [0.4, 0.5) is 9.52 Å². The van der Waals surface area contributed by atoms with Gasteiger partial charge in [0.1, 0.15) is 10.8 Å². The topological polar surface area (TPSA) is 67.8 Å². The van der Waals surface area contributed by atoms with Crippen molar-refractivity contribution >= 4 is 28.5 Å². The minimum Gasteiger partial charge on any atom is -0.297 e. The summed E-state index contributed by atoms with van der Waals surface area (Å²) in [6, 6.07) is 11.7. The number of benzene rings is 1. The second-order valence-electron chi connectivity index (χ2n) is 4.88. The third kappa shape index (κ3) is 4.53. The number of carbonyl (C=O) groups is 1. The van der Waals surface area contributed by atoms with Gasteiger partial charge in [0, 0.05) is 18.7 Å². The number of rotatable bonds is 5. The maximum atomic E-state index is 12.9. The summed E-state index contributed by atoms with van der Waals surface area (Å²) in [7, 11) is 0. The molecule has 0 saturated carbocycles.